The van der Waals surface area contributed by atoms with Gasteiger partial charge in [0.05, 0.1) is 10.6 Å². The van der Waals surface area contributed by atoms with Crippen molar-refractivity contribution in [3.05, 3.63) is 83.4 Å². The average Bonchev–Trinajstić information content (AvgIpc) is 3.18. The Morgan fingerprint density at radius 2 is 1.77 bits per heavy atom. The Hall–Kier alpha value is -3.34. The van der Waals surface area contributed by atoms with Crippen LogP contribution < -0.4 is 15.6 Å². The molecule has 0 saturated carbocycles. The van der Waals surface area contributed by atoms with Crippen LogP contribution >= 0.6 is 11.3 Å². The van der Waals surface area contributed by atoms with E-state index in [0.717, 1.165) is 5.56 Å². The molecule has 0 atom stereocenters. The summed E-state index contributed by atoms with van der Waals surface area (Å²) in [5.74, 6) is -1.17. The van der Waals surface area contributed by atoms with E-state index in [1.807, 2.05) is 30.3 Å². The van der Waals surface area contributed by atoms with Crippen molar-refractivity contribution >= 4 is 33.2 Å². The number of rotatable bonds is 7. The fraction of sp³-hybridized carbons (Fsp3) is 0.0952. The molecular formula is C21H20N4O4S2. The number of sulfonamides is 1. The van der Waals surface area contributed by atoms with Crippen molar-refractivity contribution in [3.63, 3.8) is 0 Å². The number of hydrazine groups is 1. The molecule has 3 rings (SSSR count). The minimum Gasteiger partial charge on any atom is -0.267 e. The lowest BCUT2D eigenvalue weighted by Crippen LogP contribution is -2.41. The quantitative estimate of drug-likeness (QED) is 0.373. The molecule has 1 aromatic heterocycles. The minimum absolute atomic E-state index is 0.0635. The number of aryl methyl sites for hydroxylation is 1. The largest absolute Gasteiger partial charge is 0.281 e. The Morgan fingerprint density at radius 1 is 1.06 bits per heavy atom. The third kappa shape index (κ3) is 5.43. The average molecular weight is 457 g/mol. The number of nitrogens with zero attached hydrogens (tertiary/aromatic N) is 1. The Bertz CT molecular complexity index is 1220. The molecule has 31 heavy (non-hydrogen) atoms. The third-order valence-corrected chi connectivity index (χ3v) is 6.76. The van der Waals surface area contributed by atoms with Crippen LogP contribution in [0.4, 0.5) is 0 Å². The lowest BCUT2D eigenvalue weighted by Gasteiger charge is -2.09. The van der Waals surface area contributed by atoms with Crippen molar-refractivity contribution in [1.82, 2.24) is 20.6 Å². The van der Waals surface area contributed by atoms with E-state index in [9.17, 15) is 18.0 Å². The van der Waals surface area contributed by atoms with Crippen molar-refractivity contribution < 1.29 is 18.0 Å². The van der Waals surface area contributed by atoms with Gasteiger partial charge in [0.2, 0.25) is 10.0 Å². The number of carbonyl (C=O) groups is 2. The highest BCUT2D eigenvalue weighted by molar-refractivity contribution is 7.89. The van der Waals surface area contributed by atoms with Crippen LogP contribution in [0.1, 0.15) is 25.7 Å². The molecule has 0 bridgehead atoms. The molecule has 0 unspecified atom stereocenters. The molecule has 2 amide bonds. The topological polar surface area (TPSA) is 117 Å². The number of carbonyl (C=O) groups excluding carboxylic acids is 2. The van der Waals surface area contributed by atoms with Gasteiger partial charge in [-0.15, -0.1) is 17.9 Å². The maximum atomic E-state index is 12.5. The van der Waals surface area contributed by atoms with Gasteiger partial charge in [-0.3, -0.25) is 20.4 Å². The van der Waals surface area contributed by atoms with Crippen molar-refractivity contribution in [2.75, 3.05) is 6.54 Å². The van der Waals surface area contributed by atoms with Crippen molar-refractivity contribution in [2.45, 2.75) is 11.8 Å². The van der Waals surface area contributed by atoms with Crippen LogP contribution in [-0.2, 0) is 10.0 Å². The van der Waals surface area contributed by atoms with E-state index in [1.165, 1.54) is 41.7 Å². The van der Waals surface area contributed by atoms with Crippen LogP contribution in [0.5, 0.6) is 0 Å². The third-order valence-electron chi connectivity index (χ3n) is 4.14. The van der Waals surface area contributed by atoms with Gasteiger partial charge in [0.25, 0.3) is 11.8 Å². The summed E-state index contributed by atoms with van der Waals surface area (Å²) in [4.78, 5) is 29.6. The van der Waals surface area contributed by atoms with E-state index < -0.39 is 21.8 Å². The van der Waals surface area contributed by atoms with Crippen LogP contribution in [0, 0.1) is 6.92 Å². The van der Waals surface area contributed by atoms with E-state index >= 15 is 0 Å². The standard InChI is InChI=1S/C21H20N4O4S2/c1-3-12-22-31(28,29)17-11-7-10-16(13-17)19(26)24-25-20(27)18-14(2)23-21(30-18)15-8-5-4-6-9-15/h3-11,13,22H,1,12H2,2H3,(H,24,26)(H,25,27). The number of hydrogen-bond donors (Lipinski definition) is 3. The first kappa shape index (κ1) is 22.3. The summed E-state index contributed by atoms with van der Waals surface area (Å²) in [5, 5.41) is 0.694. The summed E-state index contributed by atoms with van der Waals surface area (Å²) in [6.45, 7) is 5.23. The molecule has 0 aliphatic carbocycles. The smallest absolute Gasteiger partial charge is 0.267 e. The summed E-state index contributed by atoms with van der Waals surface area (Å²) < 4.78 is 26.7. The minimum atomic E-state index is -3.78. The number of aromatic nitrogens is 1. The second-order valence-electron chi connectivity index (χ2n) is 6.38. The lowest BCUT2D eigenvalue weighted by atomic mass is 10.2. The fourth-order valence-corrected chi connectivity index (χ4v) is 4.62. The molecule has 10 heteroatoms. The second-order valence-corrected chi connectivity index (χ2v) is 9.14. The van der Waals surface area contributed by atoms with Gasteiger partial charge in [-0.1, -0.05) is 42.5 Å². The maximum Gasteiger partial charge on any atom is 0.281 e. The molecule has 0 aliphatic rings. The predicted molar refractivity (Wildman–Crippen MR) is 119 cm³/mol. The lowest BCUT2D eigenvalue weighted by molar-refractivity contribution is 0.0848. The van der Waals surface area contributed by atoms with Crippen LogP contribution in [0.3, 0.4) is 0 Å². The first-order valence-electron chi connectivity index (χ1n) is 9.16. The zero-order valence-electron chi connectivity index (χ0n) is 16.6. The highest BCUT2D eigenvalue weighted by Gasteiger charge is 2.18. The number of nitrogens with one attached hydrogen (secondary N) is 3. The highest BCUT2D eigenvalue weighted by Crippen LogP contribution is 2.27. The van der Waals surface area contributed by atoms with Crippen molar-refractivity contribution in [1.29, 1.82) is 0 Å². The zero-order valence-corrected chi connectivity index (χ0v) is 18.2. The van der Waals surface area contributed by atoms with Crippen molar-refractivity contribution in [3.8, 4) is 10.6 Å². The molecular weight excluding hydrogens is 436 g/mol. The van der Waals surface area contributed by atoms with Gasteiger partial charge in [0.15, 0.2) is 0 Å². The van der Waals surface area contributed by atoms with Gasteiger partial charge >= 0.3 is 0 Å². The molecule has 0 aliphatic heterocycles. The summed E-state index contributed by atoms with van der Waals surface area (Å²) in [6, 6.07) is 14.9. The monoisotopic (exact) mass is 456 g/mol. The molecule has 3 aromatic rings. The Morgan fingerprint density at radius 3 is 2.48 bits per heavy atom. The second kappa shape index (κ2) is 9.65. The normalized spacial score (nSPS) is 11.0. The summed E-state index contributed by atoms with van der Waals surface area (Å²) >= 11 is 1.21. The fourth-order valence-electron chi connectivity index (χ4n) is 2.61. The predicted octanol–water partition coefficient (Wildman–Crippen LogP) is 2.66. The number of benzene rings is 2. The summed E-state index contributed by atoms with van der Waals surface area (Å²) in [6.07, 6.45) is 1.41. The SMILES string of the molecule is C=CCNS(=O)(=O)c1cccc(C(=O)NNC(=O)c2sc(-c3ccccc3)nc2C)c1. The summed E-state index contributed by atoms with van der Waals surface area (Å²) in [7, 11) is -3.78. The molecule has 2 aromatic carbocycles. The first-order valence-corrected chi connectivity index (χ1v) is 11.5. The van der Waals surface area contributed by atoms with E-state index in [4.69, 9.17) is 0 Å². The van der Waals surface area contributed by atoms with E-state index in [1.54, 1.807) is 6.92 Å². The summed E-state index contributed by atoms with van der Waals surface area (Å²) in [5.41, 5.74) is 6.16. The first-order chi connectivity index (χ1) is 14.8. The number of thiazole rings is 1. The van der Waals surface area contributed by atoms with Gasteiger partial charge in [0.1, 0.15) is 9.88 Å². The van der Waals surface area contributed by atoms with E-state index in [2.05, 4.69) is 27.1 Å². The Kier molecular flexibility index (Phi) is 6.95. The number of hydrogen-bond acceptors (Lipinski definition) is 6. The molecule has 1 heterocycles. The van der Waals surface area contributed by atoms with E-state index in [0.29, 0.717) is 15.6 Å². The Labute approximate surface area is 184 Å². The molecule has 0 fully saturated rings. The van der Waals surface area contributed by atoms with Crippen LogP contribution in [-0.4, -0.2) is 31.8 Å². The molecule has 160 valence electrons. The molecule has 0 spiro atoms. The molecule has 8 nitrogen and oxygen atoms in total. The zero-order chi connectivity index (χ0) is 22.4. The van der Waals surface area contributed by atoms with Crippen LogP contribution in [0.25, 0.3) is 10.6 Å². The molecule has 3 N–H and O–H groups in total. The molecule has 0 radical (unpaired) electrons. The Balaban J connectivity index is 1.69. The van der Waals surface area contributed by atoms with Gasteiger partial charge in [-0.2, -0.15) is 0 Å². The van der Waals surface area contributed by atoms with Crippen molar-refractivity contribution in [2.24, 2.45) is 0 Å². The van der Waals surface area contributed by atoms with Gasteiger partial charge < -0.3 is 0 Å². The number of amides is 2. The maximum absolute atomic E-state index is 12.5. The van der Waals surface area contributed by atoms with E-state index in [-0.39, 0.29) is 17.0 Å². The van der Waals surface area contributed by atoms with Gasteiger partial charge in [-0.05, 0) is 25.1 Å². The highest BCUT2D eigenvalue weighted by atomic mass is 32.2. The van der Waals surface area contributed by atoms with Crippen LogP contribution in [0.2, 0.25) is 0 Å². The van der Waals surface area contributed by atoms with Gasteiger partial charge in [0, 0.05) is 17.7 Å². The van der Waals surface area contributed by atoms with Crippen LogP contribution in [0.15, 0.2) is 72.1 Å². The molecule has 0 saturated heterocycles. The van der Waals surface area contributed by atoms with Gasteiger partial charge in [-0.25, -0.2) is 18.1 Å².